The molecule has 88 valence electrons. The van der Waals surface area contributed by atoms with Gasteiger partial charge in [-0.1, -0.05) is 23.7 Å². The summed E-state index contributed by atoms with van der Waals surface area (Å²) in [6.07, 6.45) is 0. The molecule has 2 nitrogen and oxygen atoms in total. The number of halogens is 1. The van der Waals surface area contributed by atoms with E-state index in [1.165, 1.54) is 5.56 Å². The third-order valence-electron chi connectivity index (χ3n) is 2.64. The van der Waals surface area contributed by atoms with Gasteiger partial charge in [0.25, 0.3) is 0 Å². The highest BCUT2D eigenvalue weighted by atomic mass is 35.5. The number of nitrogen functional groups attached to an aromatic ring is 1. The quantitative estimate of drug-likeness (QED) is 0.840. The second-order valence-electron chi connectivity index (χ2n) is 4.08. The standard InChI is InChI=1S/C14H15ClN2/c1-17(14-7-5-12(15)6-8-14)10-11-3-2-4-13(16)9-11/h2-9H,10,16H2,1H3. The van der Waals surface area contributed by atoms with Gasteiger partial charge in [-0.3, -0.25) is 0 Å². The van der Waals surface area contributed by atoms with Crippen LogP contribution >= 0.6 is 11.6 Å². The first-order valence-electron chi connectivity index (χ1n) is 5.46. The molecule has 0 aromatic heterocycles. The van der Waals surface area contributed by atoms with Crippen molar-refractivity contribution in [3.05, 3.63) is 59.1 Å². The maximum atomic E-state index is 5.86. The van der Waals surface area contributed by atoms with E-state index in [-0.39, 0.29) is 0 Å². The highest BCUT2D eigenvalue weighted by molar-refractivity contribution is 6.30. The number of hydrogen-bond donors (Lipinski definition) is 1. The monoisotopic (exact) mass is 246 g/mol. The molecule has 0 amide bonds. The maximum Gasteiger partial charge on any atom is 0.0426 e. The van der Waals surface area contributed by atoms with Crippen LogP contribution in [0.5, 0.6) is 0 Å². The smallest absolute Gasteiger partial charge is 0.0426 e. The zero-order chi connectivity index (χ0) is 12.3. The molecule has 0 unspecified atom stereocenters. The number of nitrogens with two attached hydrogens (primary N) is 1. The van der Waals surface area contributed by atoms with Gasteiger partial charge in [0.05, 0.1) is 0 Å². The number of benzene rings is 2. The number of anilines is 2. The van der Waals surface area contributed by atoms with Gasteiger partial charge in [-0.2, -0.15) is 0 Å². The lowest BCUT2D eigenvalue weighted by Gasteiger charge is -2.19. The third-order valence-corrected chi connectivity index (χ3v) is 2.89. The summed E-state index contributed by atoms with van der Waals surface area (Å²) in [5.74, 6) is 0. The van der Waals surface area contributed by atoms with Crippen LogP contribution in [0.2, 0.25) is 5.02 Å². The molecule has 2 aromatic rings. The lowest BCUT2D eigenvalue weighted by atomic mass is 10.2. The first kappa shape index (κ1) is 11.8. The molecule has 0 atom stereocenters. The van der Waals surface area contributed by atoms with Gasteiger partial charge < -0.3 is 10.6 Å². The molecule has 3 heteroatoms. The van der Waals surface area contributed by atoms with Crippen molar-refractivity contribution in [3.8, 4) is 0 Å². The Hall–Kier alpha value is -1.67. The van der Waals surface area contributed by atoms with Crippen molar-refractivity contribution in [1.29, 1.82) is 0 Å². The molecule has 0 aliphatic carbocycles. The second-order valence-corrected chi connectivity index (χ2v) is 4.51. The average molecular weight is 247 g/mol. The minimum atomic E-state index is 0.756. The highest BCUT2D eigenvalue weighted by Crippen LogP contribution is 2.19. The average Bonchev–Trinajstić information content (AvgIpc) is 2.29. The predicted octanol–water partition coefficient (Wildman–Crippen LogP) is 3.56. The number of nitrogens with zero attached hydrogens (tertiary/aromatic N) is 1. The predicted molar refractivity (Wildman–Crippen MR) is 74.4 cm³/mol. The molecule has 17 heavy (non-hydrogen) atoms. The SMILES string of the molecule is CN(Cc1cccc(N)c1)c1ccc(Cl)cc1. The van der Waals surface area contributed by atoms with Crippen LogP contribution in [0, 0.1) is 0 Å². The van der Waals surface area contributed by atoms with Gasteiger partial charge >= 0.3 is 0 Å². The second kappa shape index (κ2) is 5.11. The molecule has 2 aromatic carbocycles. The zero-order valence-electron chi connectivity index (χ0n) is 9.73. The number of rotatable bonds is 3. The first-order chi connectivity index (χ1) is 8.15. The van der Waals surface area contributed by atoms with Crippen molar-refractivity contribution in [2.24, 2.45) is 0 Å². The van der Waals surface area contributed by atoms with E-state index in [1.54, 1.807) is 0 Å². The Morgan fingerprint density at radius 2 is 1.82 bits per heavy atom. The summed E-state index contributed by atoms with van der Waals surface area (Å²) in [4.78, 5) is 2.16. The Bertz CT molecular complexity index is 494. The van der Waals surface area contributed by atoms with Crippen molar-refractivity contribution in [1.82, 2.24) is 0 Å². The molecule has 0 heterocycles. The molecule has 0 saturated carbocycles. The van der Waals surface area contributed by atoms with Gasteiger partial charge in [0.1, 0.15) is 0 Å². The molecule has 0 fully saturated rings. The van der Waals surface area contributed by atoms with Crippen LogP contribution in [0.3, 0.4) is 0 Å². The van der Waals surface area contributed by atoms with Crippen LogP contribution in [0.25, 0.3) is 0 Å². The van der Waals surface area contributed by atoms with Crippen LogP contribution in [0.1, 0.15) is 5.56 Å². The summed E-state index contributed by atoms with van der Waals surface area (Å²) in [5, 5.41) is 0.756. The van der Waals surface area contributed by atoms with E-state index in [4.69, 9.17) is 17.3 Å². The van der Waals surface area contributed by atoms with Crippen molar-refractivity contribution in [3.63, 3.8) is 0 Å². The van der Waals surface area contributed by atoms with Crippen LogP contribution in [-0.4, -0.2) is 7.05 Å². The van der Waals surface area contributed by atoms with E-state index in [0.717, 1.165) is 22.9 Å². The van der Waals surface area contributed by atoms with Crippen molar-refractivity contribution in [2.75, 3.05) is 17.7 Å². The Morgan fingerprint density at radius 3 is 2.47 bits per heavy atom. The van der Waals surface area contributed by atoms with Gasteiger partial charge in [0.2, 0.25) is 0 Å². The van der Waals surface area contributed by atoms with Gasteiger partial charge in [-0.15, -0.1) is 0 Å². The first-order valence-corrected chi connectivity index (χ1v) is 5.84. The minimum absolute atomic E-state index is 0.756. The van der Waals surface area contributed by atoms with Crippen molar-refractivity contribution >= 4 is 23.0 Å². The topological polar surface area (TPSA) is 29.3 Å². The van der Waals surface area contributed by atoms with Crippen molar-refractivity contribution < 1.29 is 0 Å². The van der Waals surface area contributed by atoms with Gasteiger partial charge in [0, 0.05) is 30.0 Å². The fraction of sp³-hybridized carbons (Fsp3) is 0.143. The molecule has 2 rings (SSSR count). The van der Waals surface area contributed by atoms with Crippen LogP contribution in [0.4, 0.5) is 11.4 Å². The van der Waals surface area contributed by atoms with Gasteiger partial charge in [0.15, 0.2) is 0 Å². The molecule has 0 saturated heterocycles. The molecule has 0 aliphatic heterocycles. The van der Waals surface area contributed by atoms with Crippen molar-refractivity contribution in [2.45, 2.75) is 6.54 Å². The summed E-state index contributed by atoms with van der Waals surface area (Å²) < 4.78 is 0. The van der Waals surface area contributed by atoms with E-state index in [0.29, 0.717) is 0 Å². The summed E-state index contributed by atoms with van der Waals surface area (Å²) in [5.41, 5.74) is 8.89. The normalized spacial score (nSPS) is 10.2. The van der Waals surface area contributed by atoms with E-state index in [1.807, 2.05) is 49.5 Å². The van der Waals surface area contributed by atoms with Crippen LogP contribution < -0.4 is 10.6 Å². The lowest BCUT2D eigenvalue weighted by Crippen LogP contribution is -2.16. The molecular formula is C14H15ClN2. The van der Waals surface area contributed by atoms with Crippen LogP contribution in [-0.2, 0) is 6.54 Å². The summed E-state index contributed by atoms with van der Waals surface area (Å²) in [6, 6.07) is 15.7. The van der Waals surface area contributed by atoms with E-state index in [2.05, 4.69) is 11.0 Å². The zero-order valence-corrected chi connectivity index (χ0v) is 10.5. The van der Waals surface area contributed by atoms with E-state index >= 15 is 0 Å². The molecule has 0 aliphatic rings. The van der Waals surface area contributed by atoms with Crippen LogP contribution in [0.15, 0.2) is 48.5 Å². The summed E-state index contributed by atoms with van der Waals surface area (Å²) in [7, 11) is 2.05. The fourth-order valence-electron chi connectivity index (χ4n) is 1.75. The fourth-order valence-corrected chi connectivity index (χ4v) is 1.88. The van der Waals surface area contributed by atoms with E-state index < -0.39 is 0 Å². The molecule has 2 N–H and O–H groups in total. The molecule has 0 radical (unpaired) electrons. The summed E-state index contributed by atoms with van der Waals surface area (Å²) >= 11 is 5.86. The van der Waals surface area contributed by atoms with Gasteiger partial charge in [-0.25, -0.2) is 0 Å². The Kier molecular flexibility index (Phi) is 3.55. The Labute approximate surface area is 107 Å². The minimum Gasteiger partial charge on any atom is -0.399 e. The highest BCUT2D eigenvalue weighted by Gasteiger charge is 2.02. The molecule has 0 bridgehead atoms. The largest absolute Gasteiger partial charge is 0.399 e. The summed E-state index contributed by atoms with van der Waals surface area (Å²) in [6.45, 7) is 0.826. The molecule has 0 spiro atoms. The van der Waals surface area contributed by atoms with Gasteiger partial charge in [-0.05, 0) is 42.0 Å². The Morgan fingerprint density at radius 1 is 1.12 bits per heavy atom. The maximum absolute atomic E-state index is 5.86. The Balaban J connectivity index is 2.11. The van der Waals surface area contributed by atoms with E-state index in [9.17, 15) is 0 Å². The third kappa shape index (κ3) is 3.14. The molecular weight excluding hydrogens is 232 g/mol. The lowest BCUT2D eigenvalue weighted by molar-refractivity contribution is 0.924. The number of hydrogen-bond acceptors (Lipinski definition) is 2.